The quantitative estimate of drug-likeness (QED) is 0.449. The number of benzene rings is 1. The van der Waals surface area contributed by atoms with Gasteiger partial charge in [-0.2, -0.15) is 0 Å². The highest BCUT2D eigenvalue weighted by atomic mass is 16.5. The molecule has 0 spiro atoms. The lowest BCUT2D eigenvalue weighted by atomic mass is 9.97. The maximum absolute atomic E-state index is 11.8. The Morgan fingerprint density at radius 2 is 1.94 bits per heavy atom. The molecule has 0 aromatic heterocycles. The second kappa shape index (κ2) is 4.70. The van der Waals surface area contributed by atoms with E-state index in [1.807, 2.05) is 0 Å². The van der Waals surface area contributed by atoms with Gasteiger partial charge >= 0.3 is 0 Å². The molecule has 1 aromatic carbocycles. The Hall–Kier alpha value is -2.01. The topological polar surface area (TPSA) is 63.7 Å². The van der Waals surface area contributed by atoms with Crippen molar-refractivity contribution in [3.8, 4) is 0 Å². The molecule has 5 heteroatoms. The SMILES string of the molecule is CO[C@@H]1C(=O)N(c2ccc(C(C)=O)cc2)[C@@H]1C=O. The van der Waals surface area contributed by atoms with Crippen LogP contribution in [-0.4, -0.2) is 37.2 Å². The van der Waals surface area contributed by atoms with Crippen LogP contribution < -0.4 is 4.90 Å². The summed E-state index contributed by atoms with van der Waals surface area (Å²) >= 11 is 0. The molecule has 0 aliphatic carbocycles. The number of ketones is 1. The van der Waals surface area contributed by atoms with E-state index in [0.29, 0.717) is 17.5 Å². The molecule has 18 heavy (non-hydrogen) atoms. The van der Waals surface area contributed by atoms with Gasteiger partial charge < -0.3 is 9.53 Å². The fraction of sp³-hybridized carbons (Fsp3) is 0.308. The van der Waals surface area contributed by atoms with E-state index in [1.165, 1.54) is 18.9 Å². The fourth-order valence-electron chi connectivity index (χ4n) is 2.01. The van der Waals surface area contributed by atoms with Gasteiger partial charge in [-0.25, -0.2) is 0 Å². The van der Waals surface area contributed by atoms with E-state index in [9.17, 15) is 14.4 Å². The molecule has 1 amide bonds. The number of Topliss-reactive ketones (excluding diaryl/α,β-unsaturated/α-hetero) is 1. The number of carbonyl (C=O) groups is 3. The number of amides is 1. The maximum Gasteiger partial charge on any atom is 0.259 e. The van der Waals surface area contributed by atoms with Crippen molar-refractivity contribution in [1.82, 2.24) is 0 Å². The maximum atomic E-state index is 11.8. The highest BCUT2D eigenvalue weighted by Gasteiger charge is 2.48. The Labute approximate surface area is 104 Å². The molecule has 2 atom stereocenters. The van der Waals surface area contributed by atoms with Gasteiger partial charge in [-0.1, -0.05) is 0 Å². The molecule has 5 nitrogen and oxygen atoms in total. The molecule has 1 saturated heterocycles. The van der Waals surface area contributed by atoms with Crippen molar-refractivity contribution in [3.05, 3.63) is 29.8 Å². The lowest BCUT2D eigenvalue weighted by Gasteiger charge is -2.42. The first kappa shape index (κ1) is 12.4. The molecule has 0 saturated carbocycles. The van der Waals surface area contributed by atoms with E-state index in [4.69, 9.17) is 4.74 Å². The molecule has 1 fully saturated rings. The summed E-state index contributed by atoms with van der Waals surface area (Å²) in [6.07, 6.45) is -0.0101. The first-order chi connectivity index (χ1) is 8.60. The normalized spacial score (nSPS) is 22.6. The van der Waals surface area contributed by atoms with E-state index in [0.717, 1.165) is 0 Å². The molecule has 0 bridgehead atoms. The van der Waals surface area contributed by atoms with Gasteiger partial charge in [0.25, 0.3) is 5.91 Å². The first-order valence-corrected chi connectivity index (χ1v) is 5.52. The largest absolute Gasteiger partial charge is 0.369 e. The van der Waals surface area contributed by atoms with Gasteiger partial charge in [0.2, 0.25) is 0 Å². The van der Waals surface area contributed by atoms with Crippen molar-refractivity contribution >= 4 is 23.7 Å². The number of rotatable bonds is 4. The number of ether oxygens (including phenoxy) is 1. The van der Waals surface area contributed by atoms with Crippen molar-refractivity contribution in [3.63, 3.8) is 0 Å². The van der Waals surface area contributed by atoms with E-state index in [-0.39, 0.29) is 11.7 Å². The Bertz CT molecular complexity index is 494. The molecule has 1 aliphatic rings. The summed E-state index contributed by atoms with van der Waals surface area (Å²) in [7, 11) is 1.40. The number of aldehydes is 1. The summed E-state index contributed by atoms with van der Waals surface area (Å²) in [5.41, 5.74) is 1.16. The molecular weight excluding hydrogens is 234 g/mol. The minimum absolute atomic E-state index is 0.0433. The van der Waals surface area contributed by atoms with Gasteiger partial charge in [0.15, 0.2) is 11.9 Å². The molecular formula is C13H13NO4. The van der Waals surface area contributed by atoms with Crippen LogP contribution in [0.2, 0.25) is 0 Å². The summed E-state index contributed by atoms with van der Waals surface area (Å²) < 4.78 is 4.94. The average Bonchev–Trinajstić information content (AvgIpc) is 2.36. The molecule has 2 rings (SSSR count). The highest BCUT2D eigenvalue weighted by Crippen LogP contribution is 2.29. The van der Waals surface area contributed by atoms with Crippen molar-refractivity contribution in [2.75, 3.05) is 12.0 Å². The van der Waals surface area contributed by atoms with Crippen LogP contribution in [0.25, 0.3) is 0 Å². The zero-order valence-electron chi connectivity index (χ0n) is 10.1. The number of β-lactam (4-membered cyclic amide) rings is 1. The molecule has 0 N–H and O–H groups in total. The van der Waals surface area contributed by atoms with Crippen LogP contribution in [0.3, 0.4) is 0 Å². The van der Waals surface area contributed by atoms with Crippen molar-refractivity contribution < 1.29 is 19.1 Å². The van der Waals surface area contributed by atoms with Crippen LogP contribution in [0.15, 0.2) is 24.3 Å². The van der Waals surface area contributed by atoms with Gasteiger partial charge in [-0.15, -0.1) is 0 Å². The lowest BCUT2D eigenvalue weighted by Crippen LogP contribution is -2.66. The summed E-state index contributed by atoms with van der Waals surface area (Å²) in [6.45, 7) is 1.47. The van der Waals surface area contributed by atoms with E-state index in [2.05, 4.69) is 0 Å². The van der Waals surface area contributed by atoms with E-state index in [1.54, 1.807) is 24.3 Å². The van der Waals surface area contributed by atoms with Crippen molar-refractivity contribution in [2.45, 2.75) is 19.1 Å². The molecule has 1 aromatic rings. The summed E-state index contributed by atoms with van der Waals surface area (Å²) in [4.78, 5) is 35.2. The standard InChI is InChI=1S/C13H13NO4/c1-8(16)9-3-5-10(6-4-9)14-11(7-15)12(18-2)13(14)17/h3-7,11-12H,1-2H3/t11-,12+/m1/s1. The Balaban J connectivity index is 2.24. The third kappa shape index (κ3) is 1.82. The second-order valence-electron chi connectivity index (χ2n) is 4.09. The van der Waals surface area contributed by atoms with Crippen LogP contribution in [0.5, 0.6) is 0 Å². The number of nitrogens with zero attached hydrogens (tertiary/aromatic N) is 1. The van der Waals surface area contributed by atoms with Crippen LogP contribution >= 0.6 is 0 Å². The predicted molar refractivity (Wildman–Crippen MR) is 64.6 cm³/mol. The molecule has 0 unspecified atom stereocenters. The van der Waals surface area contributed by atoms with Gasteiger partial charge in [-0.05, 0) is 31.2 Å². The summed E-state index contributed by atoms with van der Waals surface area (Å²) in [6, 6.07) is 5.97. The first-order valence-electron chi connectivity index (χ1n) is 5.52. The second-order valence-corrected chi connectivity index (χ2v) is 4.09. The zero-order chi connectivity index (χ0) is 13.3. The Morgan fingerprint density at radius 1 is 1.33 bits per heavy atom. The highest BCUT2D eigenvalue weighted by molar-refractivity contribution is 6.10. The fourth-order valence-corrected chi connectivity index (χ4v) is 2.01. The van der Waals surface area contributed by atoms with Crippen molar-refractivity contribution in [1.29, 1.82) is 0 Å². The van der Waals surface area contributed by atoms with Gasteiger partial charge in [0, 0.05) is 18.4 Å². The minimum Gasteiger partial charge on any atom is -0.369 e. The van der Waals surface area contributed by atoms with Crippen LogP contribution in [0, 0.1) is 0 Å². The smallest absolute Gasteiger partial charge is 0.259 e. The third-order valence-corrected chi connectivity index (χ3v) is 3.03. The van der Waals surface area contributed by atoms with Gasteiger partial charge in [0.1, 0.15) is 12.3 Å². The number of hydrogen-bond donors (Lipinski definition) is 0. The van der Waals surface area contributed by atoms with Crippen molar-refractivity contribution in [2.24, 2.45) is 0 Å². The zero-order valence-corrected chi connectivity index (χ0v) is 10.1. The number of anilines is 1. The monoisotopic (exact) mass is 247 g/mol. The summed E-state index contributed by atoms with van der Waals surface area (Å²) in [5.74, 6) is -0.289. The molecule has 1 aliphatic heterocycles. The number of hydrogen-bond acceptors (Lipinski definition) is 4. The third-order valence-electron chi connectivity index (χ3n) is 3.03. The van der Waals surface area contributed by atoms with Crippen LogP contribution in [0.4, 0.5) is 5.69 Å². The van der Waals surface area contributed by atoms with Gasteiger partial charge in [0.05, 0.1) is 0 Å². The predicted octanol–water partition coefficient (Wildman–Crippen LogP) is 0.818. The van der Waals surface area contributed by atoms with Gasteiger partial charge in [-0.3, -0.25) is 14.5 Å². The molecule has 0 radical (unpaired) electrons. The van der Waals surface area contributed by atoms with Crippen LogP contribution in [0.1, 0.15) is 17.3 Å². The molecule has 1 heterocycles. The lowest BCUT2D eigenvalue weighted by molar-refractivity contribution is -0.142. The van der Waals surface area contributed by atoms with E-state index < -0.39 is 12.1 Å². The minimum atomic E-state index is -0.699. The summed E-state index contributed by atoms with van der Waals surface area (Å²) in [5, 5.41) is 0. The Kier molecular flexibility index (Phi) is 3.25. The van der Waals surface area contributed by atoms with E-state index >= 15 is 0 Å². The van der Waals surface area contributed by atoms with Crippen LogP contribution in [-0.2, 0) is 14.3 Å². The number of methoxy groups -OCH3 is 1. The average molecular weight is 247 g/mol. The number of carbonyl (C=O) groups excluding carboxylic acids is 3. The molecule has 94 valence electrons. The Morgan fingerprint density at radius 3 is 2.39 bits per heavy atom.